The van der Waals surface area contributed by atoms with E-state index >= 15 is 0 Å². The lowest BCUT2D eigenvalue weighted by molar-refractivity contribution is -0.274. The summed E-state index contributed by atoms with van der Waals surface area (Å²) in [5.74, 6) is -0.734. The van der Waals surface area contributed by atoms with Crippen molar-refractivity contribution in [1.82, 2.24) is 4.90 Å². The summed E-state index contributed by atoms with van der Waals surface area (Å²) in [5.41, 5.74) is 0.110. The Hall–Kier alpha value is -1.76. The van der Waals surface area contributed by atoms with E-state index in [1.165, 1.54) is 17.0 Å². The quantitative estimate of drug-likeness (QED) is 0.913. The largest absolute Gasteiger partial charge is 0.573 e. The van der Waals surface area contributed by atoms with E-state index in [0.717, 1.165) is 12.1 Å². The monoisotopic (exact) mass is 303 g/mol. The van der Waals surface area contributed by atoms with E-state index in [1.54, 1.807) is 0 Å². The van der Waals surface area contributed by atoms with Crippen LogP contribution in [0.1, 0.15) is 23.7 Å². The molecule has 0 spiro atoms. The van der Waals surface area contributed by atoms with Gasteiger partial charge in [0.1, 0.15) is 5.75 Å². The third-order valence-electron chi connectivity index (χ3n) is 3.52. The minimum Gasteiger partial charge on any atom is -0.406 e. The first-order valence-corrected chi connectivity index (χ1v) is 6.59. The second kappa shape index (κ2) is 5.93. The molecule has 0 radical (unpaired) electrons. The van der Waals surface area contributed by atoms with Gasteiger partial charge in [0.2, 0.25) is 0 Å². The zero-order chi connectivity index (χ0) is 15.6. The molecule has 1 aliphatic heterocycles. The van der Waals surface area contributed by atoms with Crippen molar-refractivity contribution in [2.45, 2.75) is 25.8 Å². The summed E-state index contributed by atoms with van der Waals surface area (Å²) in [6, 6.07) is 4.95. The molecular formula is C14H16F3NO3. The van der Waals surface area contributed by atoms with Gasteiger partial charge in [-0.15, -0.1) is 13.2 Å². The lowest BCUT2D eigenvalue weighted by Crippen LogP contribution is -2.45. The maximum atomic E-state index is 12.2. The molecule has 21 heavy (non-hydrogen) atoms. The molecule has 1 amide bonds. The Kier molecular flexibility index (Phi) is 4.41. The van der Waals surface area contributed by atoms with Gasteiger partial charge in [-0.3, -0.25) is 4.79 Å². The van der Waals surface area contributed by atoms with Gasteiger partial charge >= 0.3 is 6.36 Å². The van der Waals surface area contributed by atoms with Gasteiger partial charge < -0.3 is 14.7 Å². The highest BCUT2D eigenvalue weighted by molar-refractivity contribution is 5.94. The van der Waals surface area contributed by atoms with Crippen molar-refractivity contribution in [2.24, 2.45) is 5.92 Å². The van der Waals surface area contributed by atoms with E-state index in [4.69, 9.17) is 0 Å². The van der Waals surface area contributed by atoms with Crippen molar-refractivity contribution < 1.29 is 27.8 Å². The average molecular weight is 303 g/mol. The van der Waals surface area contributed by atoms with E-state index < -0.39 is 24.1 Å². The Morgan fingerprint density at radius 1 is 1.43 bits per heavy atom. The molecule has 1 aromatic rings. The van der Waals surface area contributed by atoms with Crippen LogP contribution >= 0.6 is 0 Å². The summed E-state index contributed by atoms with van der Waals surface area (Å²) in [4.78, 5) is 13.7. The number of ether oxygens (including phenoxy) is 1. The Morgan fingerprint density at radius 3 is 2.76 bits per heavy atom. The summed E-state index contributed by atoms with van der Waals surface area (Å²) in [6.07, 6.45) is -4.75. The number of likely N-dealkylation sites (tertiary alicyclic amines) is 1. The van der Waals surface area contributed by atoms with Crippen molar-refractivity contribution in [2.75, 3.05) is 13.1 Å². The van der Waals surface area contributed by atoms with E-state index in [2.05, 4.69) is 4.74 Å². The van der Waals surface area contributed by atoms with E-state index in [9.17, 15) is 23.1 Å². The maximum absolute atomic E-state index is 12.2. The van der Waals surface area contributed by atoms with Gasteiger partial charge in [-0.05, 0) is 30.5 Å². The zero-order valence-corrected chi connectivity index (χ0v) is 11.4. The fraction of sp³-hybridized carbons (Fsp3) is 0.500. The van der Waals surface area contributed by atoms with Crippen molar-refractivity contribution in [3.63, 3.8) is 0 Å². The number of amides is 1. The van der Waals surface area contributed by atoms with Crippen LogP contribution in [0.4, 0.5) is 13.2 Å². The van der Waals surface area contributed by atoms with Gasteiger partial charge in [-0.1, -0.05) is 13.0 Å². The molecule has 116 valence electrons. The molecule has 0 bridgehead atoms. The van der Waals surface area contributed by atoms with Crippen molar-refractivity contribution in [1.29, 1.82) is 0 Å². The van der Waals surface area contributed by atoms with Crippen molar-refractivity contribution >= 4 is 5.91 Å². The van der Waals surface area contributed by atoms with Gasteiger partial charge in [0.05, 0.1) is 6.10 Å². The third kappa shape index (κ3) is 4.10. The highest BCUT2D eigenvalue weighted by atomic mass is 19.4. The van der Waals surface area contributed by atoms with E-state index in [1.807, 2.05) is 6.92 Å². The molecule has 1 heterocycles. The van der Waals surface area contributed by atoms with Gasteiger partial charge in [0.25, 0.3) is 5.91 Å². The third-order valence-corrected chi connectivity index (χ3v) is 3.52. The number of piperidine rings is 1. The molecule has 0 aromatic heterocycles. The summed E-state index contributed by atoms with van der Waals surface area (Å²) < 4.78 is 40.3. The van der Waals surface area contributed by atoms with Crippen LogP contribution in [-0.2, 0) is 0 Å². The van der Waals surface area contributed by atoms with Gasteiger partial charge in [-0.25, -0.2) is 0 Å². The SMILES string of the molecule is CC1CCN(C(=O)c2cccc(OC(F)(F)F)c2)CC1O. The Bertz CT molecular complexity index is 518. The number of aliphatic hydroxyl groups is 1. The molecule has 1 saturated heterocycles. The second-order valence-electron chi connectivity index (χ2n) is 5.16. The first-order chi connectivity index (χ1) is 9.76. The highest BCUT2D eigenvalue weighted by Crippen LogP contribution is 2.25. The predicted octanol–water partition coefficient (Wildman–Crippen LogP) is 2.43. The predicted molar refractivity (Wildman–Crippen MR) is 68.8 cm³/mol. The molecule has 0 aliphatic carbocycles. The molecule has 2 rings (SSSR count). The van der Waals surface area contributed by atoms with Crippen LogP contribution in [0, 0.1) is 5.92 Å². The first kappa shape index (κ1) is 15.6. The lowest BCUT2D eigenvalue weighted by Gasteiger charge is -2.34. The number of rotatable bonds is 2. The van der Waals surface area contributed by atoms with Crippen LogP contribution in [0.2, 0.25) is 0 Å². The molecule has 1 aromatic carbocycles. The fourth-order valence-electron chi connectivity index (χ4n) is 2.24. The number of nitrogens with zero attached hydrogens (tertiary/aromatic N) is 1. The number of carbonyl (C=O) groups excluding carboxylic acids is 1. The molecule has 0 saturated carbocycles. The molecule has 2 unspecified atom stereocenters. The van der Waals surface area contributed by atoms with Gasteiger partial charge in [0.15, 0.2) is 0 Å². The molecule has 1 aliphatic rings. The fourth-order valence-corrected chi connectivity index (χ4v) is 2.24. The van der Waals surface area contributed by atoms with E-state index in [-0.39, 0.29) is 18.0 Å². The Balaban J connectivity index is 2.11. The molecule has 4 nitrogen and oxygen atoms in total. The minimum absolute atomic E-state index is 0.106. The molecular weight excluding hydrogens is 287 g/mol. The summed E-state index contributed by atoms with van der Waals surface area (Å²) >= 11 is 0. The summed E-state index contributed by atoms with van der Waals surface area (Å²) in [6.45, 7) is 2.55. The van der Waals surface area contributed by atoms with Crippen molar-refractivity contribution in [3.8, 4) is 5.75 Å². The van der Waals surface area contributed by atoms with Gasteiger partial charge in [-0.2, -0.15) is 0 Å². The molecule has 1 fully saturated rings. The minimum atomic E-state index is -4.79. The average Bonchev–Trinajstić information content (AvgIpc) is 2.39. The first-order valence-electron chi connectivity index (χ1n) is 6.59. The number of β-amino-alcohol motifs (C(OH)–C–C–N with tert-alkyl or cyclic N) is 1. The number of halogens is 3. The normalized spacial score (nSPS) is 23.0. The maximum Gasteiger partial charge on any atom is 0.573 e. The van der Waals surface area contributed by atoms with Crippen LogP contribution in [0.5, 0.6) is 5.75 Å². The molecule has 7 heteroatoms. The number of benzene rings is 1. The van der Waals surface area contributed by atoms with Crippen LogP contribution in [0.15, 0.2) is 24.3 Å². The number of hydrogen-bond donors (Lipinski definition) is 1. The topological polar surface area (TPSA) is 49.8 Å². The van der Waals surface area contributed by atoms with Crippen LogP contribution in [0.25, 0.3) is 0 Å². The summed E-state index contributed by atoms with van der Waals surface area (Å²) in [7, 11) is 0. The molecule has 2 atom stereocenters. The smallest absolute Gasteiger partial charge is 0.406 e. The van der Waals surface area contributed by atoms with E-state index in [0.29, 0.717) is 13.0 Å². The highest BCUT2D eigenvalue weighted by Gasteiger charge is 2.32. The second-order valence-corrected chi connectivity index (χ2v) is 5.16. The standard InChI is InChI=1S/C14H16F3NO3/c1-9-5-6-18(8-12(9)19)13(20)10-3-2-4-11(7-10)21-14(15,16)17/h2-4,7,9,12,19H,5-6,8H2,1H3. The van der Waals surface area contributed by atoms with Gasteiger partial charge in [0, 0.05) is 18.7 Å². The molecule has 1 N–H and O–H groups in total. The number of aliphatic hydroxyl groups excluding tert-OH is 1. The van der Waals surface area contributed by atoms with Crippen LogP contribution < -0.4 is 4.74 Å². The number of alkyl halides is 3. The van der Waals surface area contributed by atoms with Crippen molar-refractivity contribution in [3.05, 3.63) is 29.8 Å². The number of hydrogen-bond acceptors (Lipinski definition) is 3. The number of carbonyl (C=O) groups is 1. The lowest BCUT2D eigenvalue weighted by atomic mass is 9.95. The zero-order valence-electron chi connectivity index (χ0n) is 11.4. The Labute approximate surface area is 120 Å². The summed E-state index contributed by atoms with van der Waals surface area (Å²) in [5, 5.41) is 9.78. The van der Waals surface area contributed by atoms with Crippen LogP contribution in [-0.4, -0.2) is 41.5 Å². The Morgan fingerprint density at radius 2 is 2.14 bits per heavy atom. The van der Waals surface area contributed by atoms with Crippen LogP contribution in [0.3, 0.4) is 0 Å².